The quantitative estimate of drug-likeness (QED) is 0.936. The van der Waals surface area contributed by atoms with Crippen LogP contribution in [0.15, 0.2) is 42.5 Å². The molecule has 1 aliphatic heterocycles. The van der Waals surface area contributed by atoms with Gasteiger partial charge in [-0.05, 0) is 41.8 Å². The molecule has 2 aromatic carbocycles. The van der Waals surface area contributed by atoms with Crippen LogP contribution < -0.4 is 14.8 Å². The Balaban J connectivity index is 1.80. The van der Waals surface area contributed by atoms with Crippen molar-refractivity contribution >= 4 is 5.91 Å². The van der Waals surface area contributed by atoms with Gasteiger partial charge in [0, 0.05) is 5.56 Å². The van der Waals surface area contributed by atoms with Crippen molar-refractivity contribution in [2.45, 2.75) is 19.9 Å². The van der Waals surface area contributed by atoms with Gasteiger partial charge in [-0.15, -0.1) is 0 Å². The van der Waals surface area contributed by atoms with E-state index in [0.29, 0.717) is 17.1 Å². The summed E-state index contributed by atoms with van der Waals surface area (Å²) in [6, 6.07) is 11.1. The van der Waals surface area contributed by atoms with E-state index in [1.165, 1.54) is 12.1 Å². The van der Waals surface area contributed by atoms with Crippen molar-refractivity contribution in [1.82, 2.24) is 5.32 Å². The Morgan fingerprint density at radius 3 is 2.48 bits per heavy atom. The number of hydrogen-bond donors (Lipinski definition) is 1. The van der Waals surface area contributed by atoms with Crippen LogP contribution >= 0.6 is 0 Å². The van der Waals surface area contributed by atoms with Crippen molar-refractivity contribution in [3.63, 3.8) is 0 Å². The maximum atomic E-state index is 13.1. The minimum absolute atomic E-state index is 0.165. The van der Waals surface area contributed by atoms with Crippen molar-refractivity contribution in [1.29, 1.82) is 0 Å². The third-order valence-electron chi connectivity index (χ3n) is 3.82. The van der Waals surface area contributed by atoms with Crippen molar-refractivity contribution in [2.24, 2.45) is 5.92 Å². The molecule has 1 amide bonds. The molecule has 4 nitrogen and oxygen atoms in total. The Morgan fingerprint density at radius 1 is 1.09 bits per heavy atom. The van der Waals surface area contributed by atoms with Crippen LogP contribution in [-0.4, -0.2) is 12.7 Å². The monoisotopic (exact) mass is 315 g/mol. The summed E-state index contributed by atoms with van der Waals surface area (Å²) in [5.74, 6) is 0.879. The van der Waals surface area contributed by atoms with Gasteiger partial charge in [-0.25, -0.2) is 4.39 Å². The fourth-order valence-corrected chi connectivity index (χ4v) is 2.57. The molecule has 0 aromatic heterocycles. The summed E-state index contributed by atoms with van der Waals surface area (Å²) >= 11 is 0. The number of hydrogen-bond acceptors (Lipinski definition) is 3. The number of fused-ring (bicyclic) bond motifs is 1. The van der Waals surface area contributed by atoms with Crippen LogP contribution in [0, 0.1) is 11.7 Å². The van der Waals surface area contributed by atoms with Crippen molar-refractivity contribution in [2.75, 3.05) is 6.79 Å². The van der Waals surface area contributed by atoms with Gasteiger partial charge in [-0.2, -0.15) is 0 Å². The molecule has 1 N–H and O–H groups in total. The predicted octanol–water partition coefficient (Wildman–Crippen LogP) is 3.68. The first-order chi connectivity index (χ1) is 11.0. The Hall–Kier alpha value is -2.56. The largest absolute Gasteiger partial charge is 0.454 e. The number of carbonyl (C=O) groups excluding carboxylic acids is 1. The molecule has 0 bridgehead atoms. The summed E-state index contributed by atoms with van der Waals surface area (Å²) in [4.78, 5) is 12.5. The molecule has 0 fully saturated rings. The zero-order valence-corrected chi connectivity index (χ0v) is 13.0. The fraction of sp³-hybridized carbons (Fsp3) is 0.278. The average molecular weight is 315 g/mol. The van der Waals surface area contributed by atoms with E-state index in [9.17, 15) is 9.18 Å². The number of halogens is 1. The van der Waals surface area contributed by atoms with Crippen LogP contribution in [0.3, 0.4) is 0 Å². The maximum Gasteiger partial charge on any atom is 0.251 e. The highest BCUT2D eigenvalue weighted by atomic mass is 19.1. The summed E-state index contributed by atoms with van der Waals surface area (Å²) in [5, 5.41) is 3.00. The molecule has 3 rings (SSSR count). The first kappa shape index (κ1) is 15.3. The Kier molecular flexibility index (Phi) is 4.19. The van der Waals surface area contributed by atoms with Crippen LogP contribution in [-0.2, 0) is 0 Å². The lowest BCUT2D eigenvalue weighted by atomic mass is 9.95. The van der Waals surface area contributed by atoms with Gasteiger partial charge in [-0.1, -0.05) is 26.0 Å². The van der Waals surface area contributed by atoms with E-state index in [1.54, 1.807) is 30.3 Å². The molecule has 0 saturated heterocycles. The Bertz CT molecular complexity index is 713. The first-order valence-corrected chi connectivity index (χ1v) is 7.50. The highest BCUT2D eigenvalue weighted by Gasteiger charge is 2.21. The maximum absolute atomic E-state index is 13.1. The number of benzene rings is 2. The zero-order chi connectivity index (χ0) is 16.4. The lowest BCUT2D eigenvalue weighted by Gasteiger charge is -2.23. The number of rotatable bonds is 4. The summed E-state index contributed by atoms with van der Waals surface area (Å²) in [6.45, 7) is 4.19. The molecule has 0 unspecified atom stereocenters. The molecule has 0 aliphatic carbocycles. The number of nitrogens with one attached hydrogen (secondary N) is 1. The van der Waals surface area contributed by atoms with E-state index in [1.807, 2.05) is 13.8 Å². The van der Waals surface area contributed by atoms with Crippen LogP contribution in [0.4, 0.5) is 4.39 Å². The second kappa shape index (κ2) is 6.28. The normalized spacial score (nSPS) is 13.9. The second-order valence-electron chi connectivity index (χ2n) is 5.81. The van der Waals surface area contributed by atoms with E-state index >= 15 is 0 Å². The third kappa shape index (κ3) is 3.28. The van der Waals surface area contributed by atoms with Gasteiger partial charge in [-0.3, -0.25) is 4.79 Å². The van der Waals surface area contributed by atoms with Crippen molar-refractivity contribution in [3.8, 4) is 11.5 Å². The molecule has 23 heavy (non-hydrogen) atoms. The van der Waals surface area contributed by atoms with Crippen LogP contribution in [0.1, 0.15) is 35.8 Å². The van der Waals surface area contributed by atoms with E-state index < -0.39 is 0 Å². The smallest absolute Gasteiger partial charge is 0.251 e. The van der Waals surface area contributed by atoms with Gasteiger partial charge in [0.15, 0.2) is 11.5 Å². The minimum atomic E-state index is -0.293. The van der Waals surface area contributed by atoms with E-state index in [-0.39, 0.29) is 30.5 Å². The van der Waals surface area contributed by atoms with Gasteiger partial charge in [0.05, 0.1) is 6.04 Å². The van der Waals surface area contributed by atoms with Gasteiger partial charge in [0.1, 0.15) is 5.82 Å². The molecule has 0 spiro atoms. The van der Waals surface area contributed by atoms with E-state index in [0.717, 1.165) is 5.56 Å². The van der Waals surface area contributed by atoms with E-state index in [4.69, 9.17) is 9.47 Å². The topological polar surface area (TPSA) is 47.6 Å². The predicted molar refractivity (Wildman–Crippen MR) is 84.0 cm³/mol. The summed E-state index contributed by atoms with van der Waals surface area (Å²) in [7, 11) is 0. The van der Waals surface area contributed by atoms with Crippen LogP contribution in [0.2, 0.25) is 0 Å². The van der Waals surface area contributed by atoms with Crippen LogP contribution in [0.5, 0.6) is 11.5 Å². The number of amides is 1. The zero-order valence-electron chi connectivity index (χ0n) is 13.0. The molecule has 2 aromatic rings. The van der Waals surface area contributed by atoms with Gasteiger partial charge in [0.2, 0.25) is 6.79 Å². The van der Waals surface area contributed by atoms with E-state index in [2.05, 4.69) is 5.32 Å². The minimum Gasteiger partial charge on any atom is -0.454 e. The summed E-state index contributed by atoms with van der Waals surface area (Å²) in [6.07, 6.45) is 0. The molecular weight excluding hydrogens is 297 g/mol. The molecule has 1 atom stereocenters. The van der Waals surface area contributed by atoms with Gasteiger partial charge in [0.25, 0.3) is 5.91 Å². The lowest BCUT2D eigenvalue weighted by molar-refractivity contribution is 0.0925. The van der Waals surface area contributed by atoms with Gasteiger partial charge < -0.3 is 14.8 Å². The molecule has 0 radical (unpaired) electrons. The van der Waals surface area contributed by atoms with Gasteiger partial charge >= 0.3 is 0 Å². The Morgan fingerprint density at radius 2 is 1.78 bits per heavy atom. The first-order valence-electron chi connectivity index (χ1n) is 7.50. The van der Waals surface area contributed by atoms with Crippen molar-refractivity contribution in [3.05, 3.63) is 59.4 Å². The molecule has 5 heteroatoms. The highest BCUT2D eigenvalue weighted by Crippen LogP contribution is 2.32. The molecule has 0 saturated carbocycles. The highest BCUT2D eigenvalue weighted by molar-refractivity contribution is 5.95. The fourth-order valence-electron chi connectivity index (χ4n) is 2.57. The Labute approximate surface area is 134 Å². The summed E-state index contributed by atoms with van der Waals surface area (Å²) in [5.41, 5.74) is 1.37. The molecule has 1 heterocycles. The molecular formula is C18H18FNO3. The van der Waals surface area contributed by atoms with Crippen molar-refractivity contribution < 1.29 is 18.7 Å². The van der Waals surface area contributed by atoms with Crippen LogP contribution in [0.25, 0.3) is 0 Å². The molecule has 120 valence electrons. The lowest BCUT2D eigenvalue weighted by Crippen LogP contribution is -2.31. The average Bonchev–Trinajstić information content (AvgIpc) is 3.00. The second-order valence-corrected chi connectivity index (χ2v) is 5.81. The number of ether oxygens (including phenoxy) is 2. The number of carbonyl (C=O) groups is 1. The third-order valence-corrected chi connectivity index (χ3v) is 3.82. The summed E-state index contributed by atoms with van der Waals surface area (Å²) < 4.78 is 23.6. The SMILES string of the molecule is CC(C)[C@H](NC(=O)c1ccc2c(c1)OCO2)c1ccc(F)cc1. The standard InChI is InChI=1S/C18H18FNO3/c1-11(2)17(12-3-6-14(19)7-4-12)20-18(21)13-5-8-15-16(9-13)23-10-22-15/h3-9,11,17H,10H2,1-2H3,(H,20,21)/t17-/m0/s1. The molecule has 1 aliphatic rings.